The molecule has 0 amide bonds. The number of hydrogen-bond acceptors (Lipinski definition) is 5. The largest absolute Gasteiger partial charge is 0.377 e. The molecule has 94 valence electrons. The quantitative estimate of drug-likeness (QED) is 0.861. The highest BCUT2D eigenvalue weighted by molar-refractivity contribution is 5.49. The average Bonchev–Trinajstić information content (AvgIpc) is 2.40. The van der Waals surface area contributed by atoms with E-state index in [9.17, 15) is 0 Å². The van der Waals surface area contributed by atoms with Gasteiger partial charge in [0.2, 0.25) is 0 Å². The first kappa shape index (κ1) is 12.1. The fraction of sp³-hybridized carbons (Fsp3) is 0.667. The Bertz CT molecular complexity index is 364. The Balaban J connectivity index is 2.21. The van der Waals surface area contributed by atoms with Crippen molar-refractivity contribution in [3.63, 3.8) is 0 Å². The summed E-state index contributed by atoms with van der Waals surface area (Å²) in [7, 11) is 3.54. The zero-order chi connectivity index (χ0) is 12.1. The molecule has 2 rings (SSSR count). The third-order valence-electron chi connectivity index (χ3n) is 2.97. The van der Waals surface area contributed by atoms with Crippen LogP contribution in [0.15, 0.2) is 6.07 Å². The standard InChI is InChI=1S/C12H20N4O/c1-13-10-8-12(15-11(14-10)9-17-2)16-6-4-3-5-7-16/h8H,3-7,9H2,1-2H3,(H,13,14,15). The van der Waals surface area contributed by atoms with Crippen LogP contribution in [0.1, 0.15) is 25.1 Å². The zero-order valence-corrected chi connectivity index (χ0v) is 10.6. The van der Waals surface area contributed by atoms with E-state index in [-0.39, 0.29) is 0 Å². The number of anilines is 2. The van der Waals surface area contributed by atoms with Crippen molar-refractivity contribution in [2.45, 2.75) is 25.9 Å². The highest BCUT2D eigenvalue weighted by atomic mass is 16.5. The van der Waals surface area contributed by atoms with Crippen LogP contribution in [0.25, 0.3) is 0 Å². The topological polar surface area (TPSA) is 50.3 Å². The van der Waals surface area contributed by atoms with Crippen molar-refractivity contribution in [3.05, 3.63) is 11.9 Å². The van der Waals surface area contributed by atoms with E-state index in [2.05, 4.69) is 20.2 Å². The van der Waals surface area contributed by atoms with E-state index in [1.807, 2.05) is 13.1 Å². The fourth-order valence-electron chi connectivity index (χ4n) is 2.09. The number of ether oxygens (including phenoxy) is 1. The Hall–Kier alpha value is -1.36. The summed E-state index contributed by atoms with van der Waals surface area (Å²) in [6, 6.07) is 2.00. The molecular weight excluding hydrogens is 216 g/mol. The van der Waals surface area contributed by atoms with Gasteiger partial charge in [0.05, 0.1) is 0 Å². The van der Waals surface area contributed by atoms with Gasteiger partial charge >= 0.3 is 0 Å². The first-order chi connectivity index (χ1) is 8.33. The Morgan fingerprint density at radius 2 is 2.06 bits per heavy atom. The second kappa shape index (κ2) is 5.82. The fourth-order valence-corrected chi connectivity index (χ4v) is 2.09. The lowest BCUT2D eigenvalue weighted by molar-refractivity contribution is 0.178. The van der Waals surface area contributed by atoms with Crippen LogP contribution in [0.3, 0.4) is 0 Å². The first-order valence-corrected chi connectivity index (χ1v) is 6.13. The van der Waals surface area contributed by atoms with Gasteiger partial charge in [0.15, 0.2) is 5.82 Å². The predicted octanol–water partition coefficient (Wildman–Crippen LogP) is 1.65. The Morgan fingerprint density at radius 3 is 2.71 bits per heavy atom. The number of nitrogens with one attached hydrogen (secondary N) is 1. The van der Waals surface area contributed by atoms with Crippen molar-refractivity contribution >= 4 is 11.6 Å². The molecule has 1 aromatic rings. The molecule has 0 aromatic carbocycles. The normalized spacial score (nSPS) is 16.0. The molecule has 5 heteroatoms. The number of rotatable bonds is 4. The van der Waals surface area contributed by atoms with E-state index in [0.717, 1.165) is 30.5 Å². The summed E-state index contributed by atoms with van der Waals surface area (Å²) in [6.45, 7) is 2.63. The van der Waals surface area contributed by atoms with Crippen molar-refractivity contribution in [3.8, 4) is 0 Å². The summed E-state index contributed by atoms with van der Waals surface area (Å²) in [5.74, 6) is 2.60. The highest BCUT2D eigenvalue weighted by Crippen LogP contribution is 2.20. The van der Waals surface area contributed by atoms with E-state index in [1.165, 1.54) is 19.3 Å². The Morgan fingerprint density at radius 1 is 1.29 bits per heavy atom. The van der Waals surface area contributed by atoms with Crippen LogP contribution in [0, 0.1) is 0 Å². The van der Waals surface area contributed by atoms with Crippen LogP contribution in [0.5, 0.6) is 0 Å². The average molecular weight is 236 g/mol. The minimum atomic E-state index is 0.455. The summed E-state index contributed by atoms with van der Waals surface area (Å²) in [5.41, 5.74) is 0. The van der Waals surface area contributed by atoms with Crippen molar-refractivity contribution in [1.29, 1.82) is 0 Å². The predicted molar refractivity (Wildman–Crippen MR) is 68.4 cm³/mol. The summed E-state index contributed by atoms with van der Waals surface area (Å²) in [4.78, 5) is 11.2. The Labute approximate surface area is 102 Å². The summed E-state index contributed by atoms with van der Waals surface area (Å²) < 4.78 is 5.10. The number of hydrogen-bond donors (Lipinski definition) is 1. The molecule has 2 heterocycles. The molecule has 0 aliphatic carbocycles. The lowest BCUT2D eigenvalue weighted by Crippen LogP contribution is -2.30. The second-order valence-electron chi connectivity index (χ2n) is 4.26. The summed E-state index contributed by atoms with van der Waals surface area (Å²) in [5, 5.41) is 3.07. The molecule has 0 atom stereocenters. The third-order valence-corrected chi connectivity index (χ3v) is 2.97. The summed E-state index contributed by atoms with van der Waals surface area (Å²) in [6.07, 6.45) is 3.82. The highest BCUT2D eigenvalue weighted by Gasteiger charge is 2.14. The van der Waals surface area contributed by atoms with E-state index in [0.29, 0.717) is 6.61 Å². The van der Waals surface area contributed by atoms with Crippen LogP contribution in [0.4, 0.5) is 11.6 Å². The number of aromatic nitrogens is 2. The van der Waals surface area contributed by atoms with Crippen molar-refractivity contribution in [1.82, 2.24) is 9.97 Å². The smallest absolute Gasteiger partial charge is 0.158 e. The monoisotopic (exact) mass is 236 g/mol. The third kappa shape index (κ3) is 3.06. The van der Waals surface area contributed by atoms with E-state index in [4.69, 9.17) is 4.74 Å². The molecule has 0 radical (unpaired) electrons. The minimum absolute atomic E-state index is 0.455. The number of methoxy groups -OCH3 is 1. The van der Waals surface area contributed by atoms with Gasteiger partial charge in [-0.15, -0.1) is 0 Å². The molecular formula is C12H20N4O. The lowest BCUT2D eigenvalue weighted by Gasteiger charge is -2.28. The molecule has 1 saturated heterocycles. The molecule has 1 aliphatic heterocycles. The maximum absolute atomic E-state index is 5.10. The van der Waals surface area contributed by atoms with Crippen molar-refractivity contribution in [2.75, 3.05) is 37.5 Å². The van der Waals surface area contributed by atoms with Crippen molar-refractivity contribution < 1.29 is 4.74 Å². The van der Waals surface area contributed by atoms with E-state index in [1.54, 1.807) is 7.11 Å². The van der Waals surface area contributed by atoms with Gasteiger partial charge in [0.25, 0.3) is 0 Å². The van der Waals surface area contributed by atoms with Crippen LogP contribution in [-0.2, 0) is 11.3 Å². The lowest BCUT2D eigenvalue weighted by atomic mass is 10.1. The molecule has 1 aromatic heterocycles. The molecule has 1 aliphatic rings. The molecule has 0 spiro atoms. The molecule has 0 saturated carbocycles. The maximum atomic E-state index is 5.10. The SMILES string of the molecule is CNc1cc(N2CCCCC2)nc(COC)n1. The van der Waals surface area contributed by atoms with Crippen molar-refractivity contribution in [2.24, 2.45) is 0 Å². The van der Waals surface area contributed by atoms with E-state index < -0.39 is 0 Å². The van der Waals surface area contributed by atoms with Gasteiger partial charge in [-0.1, -0.05) is 0 Å². The summed E-state index contributed by atoms with van der Waals surface area (Å²) >= 11 is 0. The van der Waals surface area contributed by atoms with Gasteiger partial charge in [0, 0.05) is 33.3 Å². The molecule has 17 heavy (non-hydrogen) atoms. The van der Waals surface area contributed by atoms with Gasteiger partial charge < -0.3 is 15.0 Å². The number of piperidine rings is 1. The van der Waals surface area contributed by atoms with Crippen LogP contribution >= 0.6 is 0 Å². The maximum Gasteiger partial charge on any atom is 0.158 e. The van der Waals surface area contributed by atoms with Gasteiger partial charge in [-0.3, -0.25) is 0 Å². The first-order valence-electron chi connectivity index (χ1n) is 6.13. The Kier molecular flexibility index (Phi) is 4.14. The van der Waals surface area contributed by atoms with Crippen LogP contribution in [-0.4, -0.2) is 37.2 Å². The molecule has 0 bridgehead atoms. The van der Waals surface area contributed by atoms with Gasteiger partial charge in [-0.2, -0.15) is 0 Å². The second-order valence-corrected chi connectivity index (χ2v) is 4.26. The van der Waals surface area contributed by atoms with Crippen LogP contribution in [0.2, 0.25) is 0 Å². The number of nitrogens with zero attached hydrogens (tertiary/aromatic N) is 3. The van der Waals surface area contributed by atoms with Gasteiger partial charge in [-0.05, 0) is 19.3 Å². The van der Waals surface area contributed by atoms with Gasteiger partial charge in [-0.25, -0.2) is 9.97 Å². The minimum Gasteiger partial charge on any atom is -0.377 e. The molecule has 1 fully saturated rings. The molecule has 1 N–H and O–H groups in total. The molecule has 0 unspecified atom stereocenters. The van der Waals surface area contributed by atoms with E-state index >= 15 is 0 Å². The van der Waals surface area contributed by atoms with Crippen LogP contribution < -0.4 is 10.2 Å². The zero-order valence-electron chi connectivity index (χ0n) is 10.6. The molecule has 5 nitrogen and oxygen atoms in total. The van der Waals surface area contributed by atoms with Gasteiger partial charge in [0.1, 0.15) is 18.2 Å².